The number of rotatable bonds is 5. The van der Waals surface area contributed by atoms with E-state index >= 15 is 0 Å². The number of benzene rings is 1. The highest BCUT2D eigenvalue weighted by Gasteiger charge is 2.28. The molecule has 0 aliphatic carbocycles. The average Bonchev–Trinajstić information content (AvgIpc) is 3.35. The van der Waals surface area contributed by atoms with E-state index in [1.807, 2.05) is 34.7 Å². The Morgan fingerprint density at radius 1 is 1.36 bits per heavy atom. The summed E-state index contributed by atoms with van der Waals surface area (Å²) < 4.78 is 7.49. The number of fused-ring (bicyclic) bond motifs is 1. The maximum atomic E-state index is 12.8. The minimum absolute atomic E-state index is 0.0754. The molecule has 1 aliphatic rings. The first-order valence-corrected chi connectivity index (χ1v) is 9.59. The van der Waals surface area contributed by atoms with Crippen molar-refractivity contribution in [2.75, 3.05) is 11.9 Å². The minimum Gasteiger partial charge on any atom is -0.359 e. The van der Waals surface area contributed by atoms with Gasteiger partial charge in [-0.3, -0.25) is 4.79 Å². The molecule has 0 saturated heterocycles. The maximum Gasteiger partial charge on any atom is 0.224 e. The Morgan fingerprint density at radius 3 is 3.00 bits per heavy atom. The fourth-order valence-corrected chi connectivity index (χ4v) is 3.55. The topological polar surface area (TPSA) is 76.2 Å². The van der Waals surface area contributed by atoms with Crippen molar-refractivity contribution in [2.24, 2.45) is 0 Å². The van der Waals surface area contributed by atoms with Crippen molar-refractivity contribution in [3.8, 4) is 0 Å². The molecule has 1 N–H and O–H groups in total. The van der Waals surface area contributed by atoms with Crippen molar-refractivity contribution in [1.82, 2.24) is 19.6 Å². The SMILES string of the molecule is Cc1cccc(Nc2noc3c2CN(C(=O)C[C@H](C)n2ccnc2)CC3)c1C. The number of amides is 1. The number of nitrogens with zero attached hydrogens (tertiary/aromatic N) is 4. The number of carbonyl (C=O) groups is 1. The second-order valence-electron chi connectivity index (χ2n) is 7.43. The molecule has 1 aromatic carbocycles. The molecule has 0 unspecified atom stereocenters. The number of hydrogen-bond acceptors (Lipinski definition) is 5. The molecule has 4 rings (SSSR count). The van der Waals surface area contributed by atoms with Gasteiger partial charge in [0.1, 0.15) is 5.76 Å². The summed E-state index contributed by atoms with van der Waals surface area (Å²) in [6.45, 7) is 7.36. The van der Waals surface area contributed by atoms with E-state index in [-0.39, 0.29) is 11.9 Å². The Labute approximate surface area is 164 Å². The van der Waals surface area contributed by atoms with Crippen LogP contribution in [-0.4, -0.2) is 32.1 Å². The van der Waals surface area contributed by atoms with Gasteiger partial charge in [0.05, 0.1) is 18.4 Å². The fraction of sp³-hybridized carbons (Fsp3) is 0.381. The van der Waals surface area contributed by atoms with Crippen LogP contribution >= 0.6 is 0 Å². The van der Waals surface area contributed by atoms with E-state index in [1.165, 1.54) is 11.1 Å². The molecule has 0 saturated carbocycles. The van der Waals surface area contributed by atoms with Crippen LogP contribution in [0.4, 0.5) is 11.5 Å². The van der Waals surface area contributed by atoms with Gasteiger partial charge in [0.15, 0.2) is 5.82 Å². The van der Waals surface area contributed by atoms with Crippen LogP contribution in [0.2, 0.25) is 0 Å². The van der Waals surface area contributed by atoms with E-state index in [2.05, 4.69) is 35.4 Å². The van der Waals surface area contributed by atoms with Crippen LogP contribution < -0.4 is 5.32 Å². The third kappa shape index (κ3) is 3.52. The Bertz CT molecular complexity index is 977. The van der Waals surface area contributed by atoms with Crippen molar-refractivity contribution in [1.29, 1.82) is 0 Å². The van der Waals surface area contributed by atoms with Crippen LogP contribution in [0.5, 0.6) is 0 Å². The second-order valence-corrected chi connectivity index (χ2v) is 7.43. The smallest absolute Gasteiger partial charge is 0.224 e. The Morgan fingerprint density at radius 2 is 2.21 bits per heavy atom. The molecule has 2 aromatic heterocycles. The van der Waals surface area contributed by atoms with Gasteiger partial charge in [-0.1, -0.05) is 17.3 Å². The predicted molar refractivity (Wildman–Crippen MR) is 106 cm³/mol. The lowest BCUT2D eigenvalue weighted by atomic mass is 10.1. The van der Waals surface area contributed by atoms with Crippen molar-refractivity contribution in [2.45, 2.75) is 46.2 Å². The normalized spacial score (nSPS) is 14.6. The molecule has 0 radical (unpaired) electrons. The monoisotopic (exact) mass is 379 g/mol. The van der Waals surface area contributed by atoms with Crippen LogP contribution in [0.1, 0.15) is 41.8 Å². The van der Waals surface area contributed by atoms with Crippen LogP contribution in [0, 0.1) is 13.8 Å². The van der Waals surface area contributed by atoms with Gasteiger partial charge in [0, 0.05) is 43.5 Å². The molecule has 0 fully saturated rings. The number of hydrogen-bond donors (Lipinski definition) is 1. The van der Waals surface area contributed by atoms with Crippen molar-refractivity contribution in [3.63, 3.8) is 0 Å². The first-order valence-electron chi connectivity index (χ1n) is 9.59. The van der Waals surface area contributed by atoms with Crippen LogP contribution in [-0.2, 0) is 17.8 Å². The van der Waals surface area contributed by atoms with Crippen molar-refractivity contribution < 1.29 is 9.32 Å². The summed E-state index contributed by atoms with van der Waals surface area (Å²) in [5.41, 5.74) is 4.37. The Hall–Kier alpha value is -3.09. The first kappa shape index (κ1) is 18.3. The molecule has 7 nitrogen and oxygen atoms in total. The van der Waals surface area contributed by atoms with Crippen LogP contribution in [0.15, 0.2) is 41.4 Å². The summed E-state index contributed by atoms with van der Waals surface area (Å²) in [5.74, 6) is 1.69. The zero-order valence-electron chi connectivity index (χ0n) is 16.5. The predicted octanol–water partition coefficient (Wildman–Crippen LogP) is 3.77. The lowest BCUT2D eigenvalue weighted by molar-refractivity contribution is -0.132. The number of aromatic nitrogens is 3. The second kappa shape index (κ2) is 7.50. The Kier molecular flexibility index (Phi) is 4.90. The summed E-state index contributed by atoms with van der Waals surface area (Å²) in [7, 11) is 0. The summed E-state index contributed by atoms with van der Waals surface area (Å²) >= 11 is 0. The van der Waals surface area contributed by atoms with Gasteiger partial charge >= 0.3 is 0 Å². The molecular weight excluding hydrogens is 354 g/mol. The highest BCUT2D eigenvalue weighted by atomic mass is 16.5. The molecule has 1 amide bonds. The van der Waals surface area contributed by atoms with E-state index in [1.54, 1.807) is 12.5 Å². The molecule has 3 aromatic rings. The molecule has 3 heterocycles. The highest BCUT2D eigenvalue weighted by molar-refractivity contribution is 5.77. The summed E-state index contributed by atoms with van der Waals surface area (Å²) in [6, 6.07) is 6.21. The summed E-state index contributed by atoms with van der Waals surface area (Å²) in [6.07, 6.45) is 6.49. The number of anilines is 2. The molecule has 0 spiro atoms. The quantitative estimate of drug-likeness (QED) is 0.730. The van der Waals surface area contributed by atoms with E-state index < -0.39 is 0 Å². The van der Waals surface area contributed by atoms with E-state index in [0.717, 1.165) is 17.0 Å². The van der Waals surface area contributed by atoms with E-state index in [0.29, 0.717) is 31.7 Å². The fourth-order valence-electron chi connectivity index (χ4n) is 3.55. The zero-order chi connectivity index (χ0) is 19.7. The third-order valence-corrected chi connectivity index (χ3v) is 5.54. The van der Waals surface area contributed by atoms with E-state index in [4.69, 9.17) is 4.52 Å². The van der Waals surface area contributed by atoms with Crippen LogP contribution in [0.3, 0.4) is 0 Å². The van der Waals surface area contributed by atoms with Gasteiger partial charge in [-0.25, -0.2) is 4.98 Å². The average molecular weight is 379 g/mol. The van der Waals surface area contributed by atoms with Gasteiger partial charge in [-0.15, -0.1) is 0 Å². The number of carbonyl (C=O) groups excluding carboxylic acids is 1. The van der Waals surface area contributed by atoms with Gasteiger partial charge < -0.3 is 19.3 Å². The van der Waals surface area contributed by atoms with Crippen molar-refractivity contribution in [3.05, 3.63) is 59.4 Å². The lowest BCUT2D eigenvalue weighted by Gasteiger charge is -2.27. The highest BCUT2D eigenvalue weighted by Crippen LogP contribution is 2.30. The molecule has 1 aliphatic heterocycles. The Balaban J connectivity index is 1.48. The number of aryl methyl sites for hydroxylation is 1. The molecule has 146 valence electrons. The third-order valence-electron chi connectivity index (χ3n) is 5.54. The van der Waals surface area contributed by atoms with Gasteiger partial charge in [-0.2, -0.15) is 0 Å². The molecule has 28 heavy (non-hydrogen) atoms. The molecule has 7 heteroatoms. The van der Waals surface area contributed by atoms with Gasteiger partial charge in [-0.05, 0) is 38.0 Å². The molecular formula is C21H25N5O2. The van der Waals surface area contributed by atoms with Crippen molar-refractivity contribution >= 4 is 17.4 Å². The largest absolute Gasteiger partial charge is 0.359 e. The standard InChI is InChI=1S/C21H25N5O2/c1-14-5-4-6-18(16(14)3)23-21-17-12-25(9-7-19(17)28-24-21)20(27)11-15(2)26-10-8-22-13-26/h4-6,8,10,13,15H,7,9,11-12H2,1-3H3,(H,23,24)/t15-/m0/s1. The van der Waals surface area contributed by atoms with E-state index in [9.17, 15) is 4.79 Å². The lowest BCUT2D eigenvalue weighted by Crippen LogP contribution is -2.36. The van der Waals surface area contributed by atoms with Crippen LogP contribution in [0.25, 0.3) is 0 Å². The number of nitrogens with one attached hydrogen (secondary N) is 1. The zero-order valence-corrected chi connectivity index (χ0v) is 16.5. The molecule has 0 bridgehead atoms. The summed E-state index contributed by atoms with van der Waals surface area (Å²) in [5, 5.41) is 7.61. The van der Waals surface area contributed by atoms with Gasteiger partial charge in [0.2, 0.25) is 5.91 Å². The minimum atomic E-state index is 0.0754. The first-order chi connectivity index (χ1) is 13.5. The molecule has 1 atom stereocenters. The number of imidazole rings is 1. The summed E-state index contributed by atoms with van der Waals surface area (Å²) in [4.78, 5) is 18.8. The maximum absolute atomic E-state index is 12.8. The van der Waals surface area contributed by atoms with Gasteiger partial charge in [0.25, 0.3) is 0 Å².